The van der Waals surface area contributed by atoms with Gasteiger partial charge in [0.05, 0.1) is 18.3 Å². The fraction of sp³-hybridized carbons (Fsp3) is 0.269. The van der Waals surface area contributed by atoms with E-state index in [0.717, 1.165) is 31.9 Å². The lowest BCUT2D eigenvalue weighted by Crippen LogP contribution is -2.52. The number of nitrogens with zero attached hydrogens (tertiary/aromatic N) is 3. The van der Waals surface area contributed by atoms with E-state index in [1.54, 1.807) is 5.01 Å². The van der Waals surface area contributed by atoms with Gasteiger partial charge in [0.25, 0.3) is 5.91 Å². The zero-order valence-corrected chi connectivity index (χ0v) is 18.0. The van der Waals surface area contributed by atoms with Crippen molar-refractivity contribution >= 4 is 11.6 Å². The fourth-order valence-electron chi connectivity index (χ4n) is 4.21. The molecule has 0 saturated carbocycles. The van der Waals surface area contributed by atoms with Crippen LogP contribution in [0.4, 0.5) is 5.69 Å². The summed E-state index contributed by atoms with van der Waals surface area (Å²) in [5.41, 5.74) is 6.55. The van der Waals surface area contributed by atoms with Crippen LogP contribution in [0, 0.1) is 0 Å². The SMILES string of the molecule is CN(NC(=O)CN1CCN(C(c2ccccc2)c2ccccc2)CC1)c1ccccc1. The summed E-state index contributed by atoms with van der Waals surface area (Å²) in [6, 6.07) is 31.5. The fourth-order valence-corrected chi connectivity index (χ4v) is 4.21. The Morgan fingerprint density at radius 3 is 1.81 bits per heavy atom. The Labute approximate surface area is 184 Å². The summed E-state index contributed by atoms with van der Waals surface area (Å²) in [5, 5.41) is 1.78. The van der Waals surface area contributed by atoms with Crippen LogP contribution < -0.4 is 10.4 Å². The standard InChI is InChI=1S/C26H30N4O/c1-28(24-15-9-4-10-16-24)27-25(31)21-29-17-19-30(20-18-29)26(22-11-5-2-6-12-22)23-13-7-3-8-14-23/h2-16,26H,17-21H2,1H3,(H,27,31). The van der Waals surface area contributed by atoms with Crippen molar-refractivity contribution in [3.05, 3.63) is 102 Å². The van der Waals surface area contributed by atoms with Crippen LogP contribution in [0.15, 0.2) is 91.0 Å². The Kier molecular flexibility index (Phi) is 6.97. The Hall–Kier alpha value is -3.15. The number of anilines is 1. The maximum Gasteiger partial charge on any atom is 0.252 e. The van der Waals surface area contributed by atoms with Crippen molar-refractivity contribution in [3.8, 4) is 0 Å². The van der Waals surface area contributed by atoms with E-state index >= 15 is 0 Å². The molecule has 0 bridgehead atoms. The summed E-state index contributed by atoms with van der Waals surface area (Å²) in [6.07, 6.45) is 0. The van der Waals surface area contributed by atoms with Crippen molar-refractivity contribution in [2.75, 3.05) is 44.8 Å². The molecule has 1 aliphatic heterocycles. The summed E-state index contributed by atoms with van der Waals surface area (Å²) in [6.45, 7) is 4.01. The molecular weight excluding hydrogens is 384 g/mol. The highest BCUT2D eigenvalue weighted by atomic mass is 16.2. The molecule has 0 atom stereocenters. The Bertz CT molecular complexity index is 901. The van der Waals surface area contributed by atoms with Gasteiger partial charge in [-0.25, -0.2) is 0 Å². The number of rotatable bonds is 7. The van der Waals surface area contributed by atoms with Crippen LogP contribution in [-0.4, -0.2) is 55.5 Å². The zero-order chi connectivity index (χ0) is 21.5. The van der Waals surface area contributed by atoms with Gasteiger partial charge in [0.2, 0.25) is 0 Å². The first-order chi connectivity index (χ1) is 15.2. The molecular formula is C26H30N4O. The van der Waals surface area contributed by atoms with Crippen molar-refractivity contribution in [1.29, 1.82) is 0 Å². The summed E-state index contributed by atoms with van der Waals surface area (Å²) < 4.78 is 0. The van der Waals surface area contributed by atoms with Gasteiger partial charge in [-0.05, 0) is 23.3 Å². The molecule has 3 aromatic carbocycles. The number of nitrogens with one attached hydrogen (secondary N) is 1. The minimum Gasteiger partial charge on any atom is -0.292 e. The molecule has 0 radical (unpaired) electrons. The van der Waals surface area contributed by atoms with Gasteiger partial charge < -0.3 is 0 Å². The van der Waals surface area contributed by atoms with E-state index in [-0.39, 0.29) is 11.9 Å². The summed E-state index contributed by atoms with van der Waals surface area (Å²) in [5.74, 6) is 0.0162. The van der Waals surface area contributed by atoms with E-state index in [4.69, 9.17) is 0 Å². The molecule has 1 N–H and O–H groups in total. The molecule has 5 nitrogen and oxygen atoms in total. The van der Waals surface area contributed by atoms with E-state index in [1.807, 2.05) is 37.4 Å². The predicted molar refractivity (Wildman–Crippen MR) is 126 cm³/mol. The largest absolute Gasteiger partial charge is 0.292 e. The maximum atomic E-state index is 12.5. The Morgan fingerprint density at radius 2 is 1.29 bits per heavy atom. The minimum atomic E-state index is 0.0162. The van der Waals surface area contributed by atoms with Crippen molar-refractivity contribution in [1.82, 2.24) is 15.2 Å². The van der Waals surface area contributed by atoms with E-state index in [9.17, 15) is 4.79 Å². The molecule has 1 fully saturated rings. The van der Waals surface area contributed by atoms with Gasteiger partial charge in [0, 0.05) is 33.2 Å². The first kappa shape index (κ1) is 21.1. The average Bonchev–Trinajstić information content (AvgIpc) is 2.82. The maximum absolute atomic E-state index is 12.5. The molecule has 0 aliphatic carbocycles. The topological polar surface area (TPSA) is 38.8 Å². The molecule has 31 heavy (non-hydrogen) atoms. The second-order valence-corrected chi connectivity index (χ2v) is 7.97. The molecule has 1 heterocycles. The van der Waals surface area contributed by atoms with Gasteiger partial charge in [0.1, 0.15) is 0 Å². The highest BCUT2D eigenvalue weighted by Gasteiger charge is 2.27. The number of para-hydroxylation sites is 1. The summed E-state index contributed by atoms with van der Waals surface area (Å²) in [7, 11) is 1.87. The molecule has 3 aromatic rings. The lowest BCUT2D eigenvalue weighted by molar-refractivity contribution is -0.122. The number of carbonyl (C=O) groups excluding carboxylic acids is 1. The van der Waals surface area contributed by atoms with Crippen LogP contribution >= 0.6 is 0 Å². The van der Waals surface area contributed by atoms with Gasteiger partial charge in [-0.15, -0.1) is 0 Å². The molecule has 160 valence electrons. The zero-order valence-electron chi connectivity index (χ0n) is 18.0. The first-order valence-corrected chi connectivity index (χ1v) is 10.9. The van der Waals surface area contributed by atoms with Crippen LogP contribution in [0.25, 0.3) is 0 Å². The normalized spacial score (nSPS) is 15.0. The number of hydrazine groups is 1. The molecule has 1 saturated heterocycles. The third kappa shape index (κ3) is 5.51. The predicted octanol–water partition coefficient (Wildman–Crippen LogP) is 3.56. The van der Waals surface area contributed by atoms with Crippen molar-refractivity contribution in [2.24, 2.45) is 0 Å². The van der Waals surface area contributed by atoms with Crippen LogP contribution in [0.3, 0.4) is 0 Å². The molecule has 0 aromatic heterocycles. The number of benzene rings is 3. The molecule has 0 spiro atoms. The van der Waals surface area contributed by atoms with Crippen molar-refractivity contribution in [2.45, 2.75) is 6.04 Å². The highest BCUT2D eigenvalue weighted by molar-refractivity contribution is 5.79. The van der Waals surface area contributed by atoms with E-state index in [2.05, 4.69) is 75.9 Å². The average molecular weight is 415 g/mol. The van der Waals surface area contributed by atoms with Gasteiger partial charge in [-0.1, -0.05) is 78.9 Å². The van der Waals surface area contributed by atoms with Crippen LogP contribution in [0.5, 0.6) is 0 Å². The molecule has 4 rings (SSSR count). The number of carbonyl (C=O) groups is 1. The summed E-state index contributed by atoms with van der Waals surface area (Å²) >= 11 is 0. The lowest BCUT2D eigenvalue weighted by atomic mass is 9.96. The molecule has 5 heteroatoms. The quantitative estimate of drug-likeness (QED) is 0.600. The summed E-state index contributed by atoms with van der Waals surface area (Å²) in [4.78, 5) is 17.3. The van der Waals surface area contributed by atoms with E-state index in [0.29, 0.717) is 6.54 Å². The van der Waals surface area contributed by atoms with Crippen molar-refractivity contribution < 1.29 is 4.79 Å². The minimum absolute atomic E-state index is 0.0162. The van der Waals surface area contributed by atoms with Gasteiger partial charge in [-0.2, -0.15) is 0 Å². The second-order valence-electron chi connectivity index (χ2n) is 7.97. The van der Waals surface area contributed by atoms with Crippen LogP contribution in [-0.2, 0) is 4.79 Å². The second kappa shape index (κ2) is 10.2. The monoisotopic (exact) mass is 414 g/mol. The van der Waals surface area contributed by atoms with Gasteiger partial charge in [-0.3, -0.25) is 25.0 Å². The van der Waals surface area contributed by atoms with Crippen LogP contribution in [0.2, 0.25) is 0 Å². The van der Waals surface area contributed by atoms with E-state index in [1.165, 1.54) is 11.1 Å². The van der Waals surface area contributed by atoms with Gasteiger partial charge in [0.15, 0.2) is 0 Å². The van der Waals surface area contributed by atoms with Gasteiger partial charge >= 0.3 is 0 Å². The third-order valence-corrected chi connectivity index (χ3v) is 5.81. The Morgan fingerprint density at radius 1 is 0.806 bits per heavy atom. The van der Waals surface area contributed by atoms with Crippen LogP contribution in [0.1, 0.15) is 17.2 Å². The molecule has 0 unspecified atom stereocenters. The van der Waals surface area contributed by atoms with Crippen molar-refractivity contribution in [3.63, 3.8) is 0 Å². The Balaban J connectivity index is 1.35. The first-order valence-electron chi connectivity index (χ1n) is 10.9. The van der Waals surface area contributed by atoms with E-state index < -0.39 is 0 Å². The smallest absolute Gasteiger partial charge is 0.252 e. The molecule has 1 amide bonds. The molecule has 1 aliphatic rings. The highest BCUT2D eigenvalue weighted by Crippen LogP contribution is 2.29. The number of hydrogen-bond acceptors (Lipinski definition) is 4. The number of hydrogen-bond donors (Lipinski definition) is 1. The lowest BCUT2D eigenvalue weighted by Gasteiger charge is -2.39. The number of piperazine rings is 1. The number of amides is 1. The third-order valence-electron chi connectivity index (χ3n) is 5.81.